The zero-order valence-electron chi connectivity index (χ0n) is 17.2. The van der Waals surface area contributed by atoms with Crippen molar-refractivity contribution < 1.29 is 22.7 Å². The van der Waals surface area contributed by atoms with Crippen molar-refractivity contribution in [2.24, 2.45) is 0 Å². The Labute approximate surface area is 175 Å². The Bertz CT molecular complexity index is 1170. The third-order valence-corrected chi connectivity index (χ3v) is 5.93. The fourth-order valence-electron chi connectivity index (χ4n) is 2.88. The molecule has 1 heterocycles. The summed E-state index contributed by atoms with van der Waals surface area (Å²) < 4.78 is 40.7. The molecule has 0 radical (unpaired) electrons. The molecule has 0 fully saturated rings. The topological polar surface area (TPSA) is 99.5 Å². The average molecular weight is 429 g/mol. The van der Waals surface area contributed by atoms with Gasteiger partial charge in [0.05, 0.1) is 25.6 Å². The van der Waals surface area contributed by atoms with Crippen molar-refractivity contribution in [2.45, 2.75) is 25.7 Å². The predicted octanol–water partition coefficient (Wildman–Crippen LogP) is 3.48. The van der Waals surface area contributed by atoms with Gasteiger partial charge in [-0.05, 0) is 56.2 Å². The van der Waals surface area contributed by atoms with Crippen LogP contribution < -0.4 is 9.46 Å². The van der Waals surface area contributed by atoms with Gasteiger partial charge in [-0.1, -0.05) is 18.2 Å². The summed E-state index contributed by atoms with van der Waals surface area (Å²) in [7, 11) is -2.71. The van der Waals surface area contributed by atoms with Crippen LogP contribution in [0.4, 0.5) is 5.82 Å². The number of methoxy groups -OCH3 is 1. The van der Waals surface area contributed by atoms with Crippen molar-refractivity contribution in [3.63, 3.8) is 0 Å². The second kappa shape index (κ2) is 8.58. The van der Waals surface area contributed by atoms with Gasteiger partial charge in [0.1, 0.15) is 16.2 Å². The third kappa shape index (κ3) is 4.16. The van der Waals surface area contributed by atoms with Gasteiger partial charge >= 0.3 is 5.97 Å². The number of rotatable bonds is 7. The number of hydrogen-bond acceptors (Lipinski definition) is 6. The molecule has 3 aromatic rings. The van der Waals surface area contributed by atoms with Gasteiger partial charge in [-0.15, -0.1) is 0 Å². The SMILES string of the molecule is CCOC(=O)c1cnn(-c2ccccc2)c1NS(=O)(=O)c1cc(C)c(C)cc1OC. The van der Waals surface area contributed by atoms with Gasteiger partial charge in [-0.25, -0.2) is 17.9 Å². The first-order chi connectivity index (χ1) is 14.3. The number of nitrogens with zero attached hydrogens (tertiary/aromatic N) is 2. The number of aromatic nitrogens is 2. The Balaban J connectivity index is 2.14. The van der Waals surface area contributed by atoms with Crippen LogP contribution >= 0.6 is 0 Å². The second-order valence-electron chi connectivity index (χ2n) is 6.57. The molecule has 9 heteroatoms. The number of ether oxygens (including phenoxy) is 2. The summed E-state index contributed by atoms with van der Waals surface area (Å²) in [5, 5.41) is 4.20. The van der Waals surface area contributed by atoms with Gasteiger partial charge in [-0.3, -0.25) is 4.72 Å². The number of para-hydroxylation sites is 1. The lowest BCUT2D eigenvalue weighted by Gasteiger charge is -2.15. The maximum absolute atomic E-state index is 13.3. The van der Waals surface area contributed by atoms with Gasteiger partial charge < -0.3 is 9.47 Å². The number of hydrogen-bond donors (Lipinski definition) is 1. The molecule has 30 heavy (non-hydrogen) atoms. The standard InChI is InChI=1S/C21H23N3O5S/c1-5-29-21(25)17-13-22-24(16-9-7-6-8-10-16)20(17)23-30(26,27)19-12-15(3)14(2)11-18(19)28-4/h6-13,23H,5H2,1-4H3. The Morgan fingerprint density at radius 3 is 2.43 bits per heavy atom. The Hall–Kier alpha value is -3.33. The molecule has 0 saturated heterocycles. The zero-order chi connectivity index (χ0) is 21.9. The van der Waals surface area contributed by atoms with E-state index in [9.17, 15) is 13.2 Å². The number of carbonyl (C=O) groups excluding carboxylic acids is 1. The van der Waals surface area contributed by atoms with Gasteiger partial charge in [0, 0.05) is 0 Å². The number of esters is 1. The van der Waals surface area contributed by atoms with E-state index in [1.54, 1.807) is 37.3 Å². The molecular formula is C21H23N3O5S. The normalized spacial score (nSPS) is 11.2. The molecule has 0 aliphatic heterocycles. The highest BCUT2D eigenvalue weighted by molar-refractivity contribution is 7.92. The molecule has 0 unspecified atom stereocenters. The minimum Gasteiger partial charge on any atom is -0.495 e. The molecule has 0 amide bonds. The highest BCUT2D eigenvalue weighted by Gasteiger charge is 2.27. The first-order valence-electron chi connectivity index (χ1n) is 9.27. The first kappa shape index (κ1) is 21.4. The number of anilines is 1. The molecule has 158 valence electrons. The van der Waals surface area contributed by atoms with Crippen LogP contribution in [0.15, 0.2) is 53.6 Å². The van der Waals surface area contributed by atoms with E-state index >= 15 is 0 Å². The van der Waals surface area contributed by atoms with Crippen molar-refractivity contribution >= 4 is 21.8 Å². The van der Waals surface area contributed by atoms with Crippen molar-refractivity contribution in [1.29, 1.82) is 0 Å². The molecule has 0 bridgehead atoms. The van der Waals surface area contributed by atoms with E-state index in [4.69, 9.17) is 9.47 Å². The number of aryl methyl sites for hydroxylation is 2. The largest absolute Gasteiger partial charge is 0.495 e. The highest BCUT2D eigenvalue weighted by Crippen LogP contribution is 2.30. The molecule has 8 nitrogen and oxygen atoms in total. The van der Waals surface area contributed by atoms with E-state index in [1.807, 2.05) is 19.9 Å². The van der Waals surface area contributed by atoms with Crippen molar-refractivity contribution in [3.8, 4) is 11.4 Å². The average Bonchev–Trinajstić information content (AvgIpc) is 3.13. The van der Waals surface area contributed by atoms with Crippen LogP contribution in [0.2, 0.25) is 0 Å². The van der Waals surface area contributed by atoms with Crippen molar-refractivity contribution in [2.75, 3.05) is 18.4 Å². The molecule has 1 aromatic heterocycles. The van der Waals surface area contributed by atoms with Crippen LogP contribution in [0.25, 0.3) is 5.69 Å². The van der Waals surface area contributed by atoms with Crippen molar-refractivity contribution in [1.82, 2.24) is 9.78 Å². The number of nitrogens with one attached hydrogen (secondary N) is 1. The summed E-state index contributed by atoms with van der Waals surface area (Å²) in [6, 6.07) is 12.1. The van der Waals surface area contributed by atoms with Crippen molar-refractivity contribution in [3.05, 3.63) is 65.4 Å². The summed E-state index contributed by atoms with van der Waals surface area (Å²) in [5.74, 6) is -0.488. The second-order valence-corrected chi connectivity index (χ2v) is 8.22. The number of sulfonamides is 1. The molecule has 0 atom stereocenters. The summed E-state index contributed by atoms with van der Waals surface area (Å²) in [6.45, 7) is 5.49. The lowest BCUT2D eigenvalue weighted by molar-refractivity contribution is 0.0527. The van der Waals surface area contributed by atoms with Crippen LogP contribution in [0.5, 0.6) is 5.75 Å². The molecule has 0 aliphatic carbocycles. The summed E-state index contributed by atoms with van der Waals surface area (Å²) in [6.07, 6.45) is 1.28. The van der Waals surface area contributed by atoms with E-state index in [0.29, 0.717) is 5.69 Å². The first-order valence-corrected chi connectivity index (χ1v) is 10.8. The van der Waals surface area contributed by atoms with E-state index in [0.717, 1.165) is 11.1 Å². The Morgan fingerprint density at radius 2 is 1.80 bits per heavy atom. The smallest absolute Gasteiger partial charge is 0.343 e. The zero-order valence-corrected chi connectivity index (χ0v) is 18.0. The van der Waals surface area contributed by atoms with E-state index in [2.05, 4.69) is 9.82 Å². The minimum atomic E-state index is -4.11. The van der Waals surface area contributed by atoms with Gasteiger partial charge in [-0.2, -0.15) is 5.10 Å². The highest BCUT2D eigenvalue weighted by atomic mass is 32.2. The molecule has 0 spiro atoms. The third-order valence-electron chi connectivity index (χ3n) is 4.57. The van der Waals surface area contributed by atoms with Crippen LogP contribution in [0.1, 0.15) is 28.4 Å². The maximum Gasteiger partial charge on any atom is 0.343 e. The Morgan fingerprint density at radius 1 is 1.13 bits per heavy atom. The fraction of sp³-hybridized carbons (Fsp3) is 0.238. The minimum absolute atomic E-state index is 0.00655. The Kier molecular flexibility index (Phi) is 6.12. The fourth-order valence-corrected chi connectivity index (χ4v) is 4.18. The molecule has 2 aromatic carbocycles. The maximum atomic E-state index is 13.3. The molecule has 0 saturated carbocycles. The summed E-state index contributed by atoms with van der Waals surface area (Å²) in [5.41, 5.74) is 2.27. The summed E-state index contributed by atoms with van der Waals surface area (Å²) in [4.78, 5) is 12.4. The monoisotopic (exact) mass is 429 g/mol. The molecule has 0 aliphatic rings. The molecule has 3 rings (SSSR count). The van der Waals surface area contributed by atoms with Crippen LogP contribution in [0.3, 0.4) is 0 Å². The van der Waals surface area contributed by atoms with Crippen LogP contribution in [-0.4, -0.2) is 37.9 Å². The lowest BCUT2D eigenvalue weighted by Crippen LogP contribution is -2.19. The predicted molar refractivity (Wildman–Crippen MR) is 113 cm³/mol. The summed E-state index contributed by atoms with van der Waals surface area (Å²) >= 11 is 0. The van der Waals surface area contributed by atoms with E-state index in [1.165, 1.54) is 24.1 Å². The molecular weight excluding hydrogens is 406 g/mol. The number of carbonyl (C=O) groups is 1. The quantitative estimate of drug-likeness (QED) is 0.577. The van der Waals surface area contributed by atoms with E-state index in [-0.39, 0.29) is 28.6 Å². The molecule has 1 N–H and O–H groups in total. The lowest BCUT2D eigenvalue weighted by atomic mass is 10.1. The van der Waals surface area contributed by atoms with E-state index < -0.39 is 16.0 Å². The van der Waals surface area contributed by atoms with Gasteiger partial charge in [0.2, 0.25) is 0 Å². The number of benzene rings is 2. The van der Waals surface area contributed by atoms with Crippen LogP contribution in [-0.2, 0) is 14.8 Å². The van der Waals surface area contributed by atoms with Crippen LogP contribution in [0, 0.1) is 13.8 Å². The van der Waals surface area contributed by atoms with Gasteiger partial charge in [0.15, 0.2) is 5.82 Å². The van der Waals surface area contributed by atoms with Gasteiger partial charge in [0.25, 0.3) is 10.0 Å².